The van der Waals surface area contributed by atoms with Crippen LogP contribution in [0.5, 0.6) is 5.75 Å². The van der Waals surface area contributed by atoms with Crippen molar-refractivity contribution in [2.45, 2.75) is 25.0 Å². The summed E-state index contributed by atoms with van der Waals surface area (Å²) in [6, 6.07) is 10.9. The summed E-state index contributed by atoms with van der Waals surface area (Å²) in [4.78, 5) is 0. The van der Waals surface area contributed by atoms with Gasteiger partial charge in [-0.2, -0.15) is 0 Å². The van der Waals surface area contributed by atoms with Crippen LogP contribution in [-0.2, 0) is 5.60 Å². The van der Waals surface area contributed by atoms with Crippen molar-refractivity contribution >= 4 is 39.1 Å². The van der Waals surface area contributed by atoms with Crippen molar-refractivity contribution in [3.63, 3.8) is 0 Å². The van der Waals surface area contributed by atoms with Crippen LogP contribution in [0.3, 0.4) is 0 Å². The van der Waals surface area contributed by atoms with Crippen molar-refractivity contribution in [3.8, 4) is 5.75 Å². The van der Waals surface area contributed by atoms with Gasteiger partial charge in [-0.15, -0.1) is 0 Å². The van der Waals surface area contributed by atoms with Crippen molar-refractivity contribution in [3.05, 3.63) is 62.0 Å². The Morgan fingerprint density at radius 2 is 2.00 bits per heavy atom. The first-order chi connectivity index (χ1) is 9.89. The van der Waals surface area contributed by atoms with Gasteiger partial charge in [0.2, 0.25) is 0 Å². The van der Waals surface area contributed by atoms with Crippen LogP contribution in [0.15, 0.2) is 40.9 Å². The summed E-state index contributed by atoms with van der Waals surface area (Å²) in [6.07, 6.45) is -0.223. The minimum Gasteiger partial charge on any atom is -0.482 e. The van der Waals surface area contributed by atoms with Gasteiger partial charge in [-0.25, -0.2) is 0 Å². The van der Waals surface area contributed by atoms with Crippen molar-refractivity contribution in [1.82, 2.24) is 0 Å². The number of aliphatic hydroxyl groups excluding tert-OH is 1. The maximum Gasteiger partial charge on any atom is 0.135 e. The zero-order valence-corrected chi connectivity index (χ0v) is 14.3. The predicted octanol–water partition coefficient (Wildman–Crippen LogP) is 5.49. The highest BCUT2D eigenvalue weighted by molar-refractivity contribution is 9.10. The first-order valence-electron chi connectivity index (χ1n) is 6.51. The summed E-state index contributed by atoms with van der Waals surface area (Å²) >= 11 is 15.7. The van der Waals surface area contributed by atoms with Crippen LogP contribution in [0.2, 0.25) is 10.0 Å². The summed E-state index contributed by atoms with van der Waals surface area (Å²) in [5.41, 5.74) is 0.887. The fourth-order valence-corrected chi connectivity index (χ4v) is 3.77. The number of fused-ring (bicyclic) bond motifs is 1. The number of ether oxygens (including phenoxy) is 1. The van der Waals surface area contributed by atoms with Crippen molar-refractivity contribution in [1.29, 1.82) is 0 Å². The highest BCUT2D eigenvalue weighted by Crippen LogP contribution is 2.47. The molecule has 0 amide bonds. The molecule has 1 aliphatic heterocycles. The Morgan fingerprint density at radius 3 is 2.71 bits per heavy atom. The molecule has 3 rings (SSSR count). The third-order valence-electron chi connectivity index (χ3n) is 3.75. The van der Waals surface area contributed by atoms with Crippen LogP contribution in [-0.4, -0.2) is 5.11 Å². The van der Waals surface area contributed by atoms with Gasteiger partial charge >= 0.3 is 0 Å². The van der Waals surface area contributed by atoms with E-state index in [9.17, 15) is 5.11 Å². The van der Waals surface area contributed by atoms with E-state index in [-0.39, 0.29) is 0 Å². The van der Waals surface area contributed by atoms with E-state index in [4.69, 9.17) is 27.9 Å². The molecular weight excluding hydrogens is 375 g/mol. The molecule has 0 aliphatic carbocycles. The van der Waals surface area contributed by atoms with Crippen LogP contribution in [0.1, 0.15) is 30.6 Å². The summed E-state index contributed by atoms with van der Waals surface area (Å²) < 4.78 is 7.04. The van der Waals surface area contributed by atoms with Crippen LogP contribution in [0.4, 0.5) is 0 Å². The monoisotopic (exact) mass is 386 g/mol. The Hall–Kier alpha value is -0.740. The molecule has 0 fully saturated rings. The second-order valence-electron chi connectivity index (χ2n) is 5.36. The Morgan fingerprint density at radius 1 is 1.24 bits per heavy atom. The molecule has 1 unspecified atom stereocenters. The molecular formula is C16H13BrCl2O2. The maximum absolute atomic E-state index is 10.4. The topological polar surface area (TPSA) is 29.5 Å². The first-order valence-corrected chi connectivity index (χ1v) is 8.06. The largest absolute Gasteiger partial charge is 0.482 e. The standard InChI is InChI=1S/C16H13BrCl2O2/c1-16(12-4-2-9(17)6-13(12)19)8-14(20)11-7-10(18)3-5-15(11)21-16/h2-7,14,20H,8H2,1H3/t14-,16?/m1/s1. The third-order valence-corrected chi connectivity index (χ3v) is 4.79. The van der Waals surface area contributed by atoms with Crippen LogP contribution in [0, 0.1) is 0 Å². The minimum absolute atomic E-state index is 0.418. The zero-order chi connectivity index (χ0) is 15.2. The van der Waals surface area contributed by atoms with E-state index in [1.54, 1.807) is 18.2 Å². The summed E-state index contributed by atoms with van der Waals surface area (Å²) in [6.45, 7) is 1.93. The summed E-state index contributed by atoms with van der Waals surface area (Å²) in [5, 5.41) is 11.6. The van der Waals surface area contributed by atoms with Gasteiger partial charge in [0.25, 0.3) is 0 Å². The number of aliphatic hydroxyl groups is 1. The van der Waals surface area contributed by atoms with Gasteiger partial charge in [0.05, 0.1) is 6.10 Å². The third kappa shape index (κ3) is 2.80. The molecule has 2 aromatic rings. The molecule has 0 saturated heterocycles. The van der Waals surface area contributed by atoms with Gasteiger partial charge < -0.3 is 9.84 Å². The van der Waals surface area contributed by atoms with Crippen LogP contribution < -0.4 is 4.74 Å². The van der Waals surface area contributed by atoms with E-state index in [1.807, 2.05) is 25.1 Å². The lowest BCUT2D eigenvalue weighted by atomic mass is 9.85. The van der Waals surface area contributed by atoms with Crippen LogP contribution in [0.25, 0.3) is 0 Å². The molecule has 110 valence electrons. The Labute approximate surface area is 141 Å². The molecule has 2 nitrogen and oxygen atoms in total. The van der Waals surface area contributed by atoms with E-state index in [1.165, 1.54) is 0 Å². The van der Waals surface area contributed by atoms with Crippen molar-refractivity contribution < 1.29 is 9.84 Å². The van der Waals surface area contributed by atoms with E-state index < -0.39 is 11.7 Å². The Balaban J connectivity index is 2.06. The average molecular weight is 388 g/mol. The fraction of sp³-hybridized carbons (Fsp3) is 0.250. The summed E-state index contributed by atoms with van der Waals surface area (Å²) in [5.74, 6) is 0.639. The highest BCUT2D eigenvalue weighted by Gasteiger charge is 2.39. The first kappa shape index (κ1) is 15.2. The molecule has 1 aliphatic rings. The molecule has 0 aromatic heterocycles. The van der Waals surface area contributed by atoms with Gasteiger partial charge in [-0.3, -0.25) is 0 Å². The molecule has 5 heteroatoms. The van der Waals surface area contributed by atoms with E-state index in [0.29, 0.717) is 27.8 Å². The second-order valence-corrected chi connectivity index (χ2v) is 7.12. The van der Waals surface area contributed by atoms with Gasteiger partial charge in [-0.05, 0) is 37.3 Å². The molecule has 0 radical (unpaired) electrons. The molecule has 2 atom stereocenters. The lowest BCUT2D eigenvalue weighted by Crippen LogP contribution is -2.35. The number of benzene rings is 2. The van der Waals surface area contributed by atoms with Gasteiger partial charge in [-0.1, -0.05) is 45.2 Å². The van der Waals surface area contributed by atoms with Crippen molar-refractivity contribution in [2.75, 3.05) is 0 Å². The molecule has 0 saturated carbocycles. The van der Waals surface area contributed by atoms with Crippen molar-refractivity contribution in [2.24, 2.45) is 0 Å². The van der Waals surface area contributed by atoms with E-state index >= 15 is 0 Å². The SMILES string of the molecule is CC1(c2ccc(Br)cc2Cl)C[C@@H](O)c2cc(Cl)ccc2O1. The quantitative estimate of drug-likeness (QED) is 0.701. The number of rotatable bonds is 1. The second kappa shape index (κ2) is 5.47. The molecule has 21 heavy (non-hydrogen) atoms. The Kier molecular flexibility index (Phi) is 3.95. The number of hydrogen-bond acceptors (Lipinski definition) is 2. The van der Waals surface area contributed by atoms with E-state index in [2.05, 4.69) is 15.9 Å². The smallest absolute Gasteiger partial charge is 0.135 e. The average Bonchev–Trinajstić information content (AvgIpc) is 2.39. The lowest BCUT2D eigenvalue weighted by Gasteiger charge is -2.39. The lowest BCUT2D eigenvalue weighted by molar-refractivity contribution is -0.00477. The molecule has 1 heterocycles. The van der Waals surface area contributed by atoms with Crippen LogP contribution >= 0.6 is 39.1 Å². The van der Waals surface area contributed by atoms with E-state index in [0.717, 1.165) is 10.0 Å². The molecule has 1 N–H and O–H groups in total. The Bertz CT molecular complexity index is 705. The zero-order valence-electron chi connectivity index (χ0n) is 11.2. The molecule has 0 bridgehead atoms. The normalized spacial score (nSPS) is 24.3. The summed E-state index contributed by atoms with van der Waals surface area (Å²) in [7, 11) is 0. The highest BCUT2D eigenvalue weighted by atomic mass is 79.9. The minimum atomic E-state index is -0.683. The van der Waals surface area contributed by atoms with Gasteiger partial charge in [0.15, 0.2) is 0 Å². The molecule has 0 spiro atoms. The fourth-order valence-electron chi connectivity index (χ4n) is 2.72. The number of hydrogen-bond donors (Lipinski definition) is 1. The number of halogens is 3. The predicted molar refractivity (Wildman–Crippen MR) is 88.2 cm³/mol. The van der Waals surface area contributed by atoms with Gasteiger partial charge in [0.1, 0.15) is 11.4 Å². The van der Waals surface area contributed by atoms with Gasteiger partial charge in [0, 0.05) is 32.1 Å². The maximum atomic E-state index is 10.4. The molecule has 2 aromatic carbocycles.